The van der Waals surface area contributed by atoms with Gasteiger partial charge in [-0.15, -0.1) is 0 Å². The van der Waals surface area contributed by atoms with Crippen molar-refractivity contribution < 1.29 is 14.3 Å². The summed E-state index contributed by atoms with van der Waals surface area (Å²) in [5, 5.41) is 2.97. The van der Waals surface area contributed by atoms with E-state index in [4.69, 9.17) is 9.47 Å². The lowest BCUT2D eigenvalue weighted by atomic mass is 10.2. The van der Waals surface area contributed by atoms with Crippen LogP contribution in [0.25, 0.3) is 0 Å². The Kier molecular flexibility index (Phi) is 5.56. The number of nitrogens with zero attached hydrogens (tertiary/aromatic N) is 1. The molecule has 5 heteroatoms. The van der Waals surface area contributed by atoms with E-state index >= 15 is 0 Å². The zero-order valence-corrected chi connectivity index (χ0v) is 14.7. The molecule has 0 aliphatic carbocycles. The average molecular weight is 340 g/mol. The molecule has 1 fully saturated rings. The van der Waals surface area contributed by atoms with Crippen molar-refractivity contribution in [2.24, 2.45) is 0 Å². The second kappa shape index (κ2) is 8.03. The minimum atomic E-state index is -0.122. The maximum atomic E-state index is 12.5. The minimum Gasteiger partial charge on any atom is -0.487 e. The van der Waals surface area contributed by atoms with Crippen LogP contribution in [0.15, 0.2) is 48.5 Å². The van der Waals surface area contributed by atoms with Gasteiger partial charge in [0.25, 0.3) is 0 Å². The van der Waals surface area contributed by atoms with E-state index in [1.807, 2.05) is 62.4 Å². The number of aryl methyl sites for hydroxylation is 1. The summed E-state index contributed by atoms with van der Waals surface area (Å²) in [7, 11) is 0. The van der Waals surface area contributed by atoms with Gasteiger partial charge in [-0.3, -0.25) is 0 Å². The molecule has 1 atom stereocenters. The fraction of sp³-hybridized carbons (Fsp3) is 0.350. The van der Waals surface area contributed by atoms with Crippen molar-refractivity contribution in [3.63, 3.8) is 0 Å². The van der Waals surface area contributed by atoms with E-state index in [2.05, 4.69) is 5.32 Å². The Balaban J connectivity index is 1.69. The highest BCUT2D eigenvalue weighted by atomic mass is 16.5. The van der Waals surface area contributed by atoms with E-state index in [0.29, 0.717) is 37.7 Å². The van der Waals surface area contributed by atoms with E-state index in [9.17, 15) is 4.79 Å². The first-order valence-electron chi connectivity index (χ1n) is 8.57. The molecule has 1 N–H and O–H groups in total. The second-order valence-electron chi connectivity index (χ2n) is 6.33. The van der Waals surface area contributed by atoms with Crippen molar-refractivity contribution in [2.75, 3.05) is 25.0 Å². The highest BCUT2D eigenvalue weighted by molar-refractivity contribution is 5.91. The third-order valence-electron chi connectivity index (χ3n) is 4.14. The van der Waals surface area contributed by atoms with Crippen molar-refractivity contribution in [2.45, 2.75) is 26.6 Å². The normalized spacial score (nSPS) is 17.2. The van der Waals surface area contributed by atoms with Crippen LogP contribution in [0.5, 0.6) is 5.75 Å². The molecule has 0 aromatic heterocycles. The summed E-state index contributed by atoms with van der Waals surface area (Å²) in [4.78, 5) is 14.3. The molecule has 1 aliphatic heterocycles. The number of hydrogen-bond donors (Lipinski definition) is 1. The molecule has 1 unspecified atom stereocenters. The summed E-state index contributed by atoms with van der Waals surface area (Å²) in [5.74, 6) is 0.679. The van der Waals surface area contributed by atoms with Crippen molar-refractivity contribution in [3.05, 3.63) is 59.7 Å². The van der Waals surface area contributed by atoms with Crippen LogP contribution in [0, 0.1) is 6.92 Å². The predicted molar refractivity (Wildman–Crippen MR) is 98.0 cm³/mol. The Labute approximate surface area is 148 Å². The molecular formula is C20H24N2O3. The predicted octanol–water partition coefficient (Wildman–Crippen LogP) is 3.83. The Morgan fingerprint density at radius 2 is 2.08 bits per heavy atom. The van der Waals surface area contributed by atoms with Crippen molar-refractivity contribution in [1.29, 1.82) is 0 Å². The largest absolute Gasteiger partial charge is 0.487 e. The number of amides is 2. The summed E-state index contributed by atoms with van der Waals surface area (Å²) >= 11 is 0. The molecule has 1 heterocycles. The average Bonchev–Trinajstić information content (AvgIpc) is 2.62. The van der Waals surface area contributed by atoms with Gasteiger partial charge in [-0.1, -0.05) is 36.4 Å². The number of urea groups is 1. The van der Waals surface area contributed by atoms with E-state index in [0.717, 1.165) is 11.1 Å². The molecule has 3 rings (SSSR count). The SMILES string of the molecule is Cc1ccc(NC(=O)N2CCOC(C)C2)c(OCc2ccccc2)c1. The van der Waals surface area contributed by atoms with Crippen molar-refractivity contribution >= 4 is 11.7 Å². The van der Waals surface area contributed by atoms with Gasteiger partial charge < -0.3 is 19.7 Å². The Morgan fingerprint density at radius 3 is 2.84 bits per heavy atom. The minimum absolute atomic E-state index is 0.0614. The lowest BCUT2D eigenvalue weighted by Gasteiger charge is -2.31. The van der Waals surface area contributed by atoms with Crippen LogP contribution < -0.4 is 10.1 Å². The van der Waals surface area contributed by atoms with Crippen molar-refractivity contribution in [1.82, 2.24) is 4.90 Å². The quantitative estimate of drug-likeness (QED) is 0.920. The van der Waals surface area contributed by atoms with E-state index in [-0.39, 0.29) is 12.1 Å². The van der Waals surface area contributed by atoms with Gasteiger partial charge in [0, 0.05) is 13.1 Å². The smallest absolute Gasteiger partial charge is 0.322 e. The molecule has 0 saturated carbocycles. The van der Waals surface area contributed by atoms with E-state index in [1.165, 1.54) is 0 Å². The molecule has 2 aromatic carbocycles. The number of benzene rings is 2. The molecular weight excluding hydrogens is 316 g/mol. The maximum absolute atomic E-state index is 12.5. The molecule has 0 radical (unpaired) electrons. The summed E-state index contributed by atoms with van der Waals surface area (Å²) < 4.78 is 11.4. The third kappa shape index (κ3) is 4.73. The van der Waals surface area contributed by atoms with Gasteiger partial charge in [0.2, 0.25) is 0 Å². The first-order valence-corrected chi connectivity index (χ1v) is 8.57. The third-order valence-corrected chi connectivity index (χ3v) is 4.14. The number of carbonyl (C=O) groups excluding carboxylic acids is 1. The van der Waals surface area contributed by atoms with Gasteiger partial charge >= 0.3 is 6.03 Å². The molecule has 1 aliphatic rings. The Hall–Kier alpha value is -2.53. The highest BCUT2D eigenvalue weighted by Gasteiger charge is 2.22. The lowest BCUT2D eigenvalue weighted by molar-refractivity contribution is -0.00139. The van der Waals surface area contributed by atoms with Crippen LogP contribution >= 0.6 is 0 Å². The van der Waals surface area contributed by atoms with Gasteiger partial charge in [0.15, 0.2) is 0 Å². The van der Waals surface area contributed by atoms with Gasteiger partial charge in [-0.25, -0.2) is 4.79 Å². The van der Waals surface area contributed by atoms with Crippen LogP contribution in [-0.2, 0) is 11.3 Å². The molecule has 25 heavy (non-hydrogen) atoms. The molecule has 1 saturated heterocycles. The summed E-state index contributed by atoms with van der Waals surface area (Å²) in [6.45, 7) is 6.20. The van der Waals surface area contributed by atoms with Crippen molar-refractivity contribution in [3.8, 4) is 5.75 Å². The number of nitrogens with one attached hydrogen (secondary N) is 1. The zero-order valence-electron chi connectivity index (χ0n) is 14.7. The topological polar surface area (TPSA) is 50.8 Å². The number of rotatable bonds is 4. The first kappa shape index (κ1) is 17.3. The van der Waals surface area contributed by atoms with E-state index < -0.39 is 0 Å². The van der Waals surface area contributed by atoms with Crippen LogP contribution in [0.2, 0.25) is 0 Å². The Morgan fingerprint density at radius 1 is 1.28 bits per heavy atom. The molecule has 0 bridgehead atoms. The van der Waals surface area contributed by atoms with Crippen LogP contribution in [-0.4, -0.2) is 36.7 Å². The Bertz CT molecular complexity index is 718. The van der Waals surface area contributed by atoms with Gasteiger partial charge in [-0.05, 0) is 37.1 Å². The van der Waals surface area contributed by atoms with Gasteiger partial charge in [0.1, 0.15) is 12.4 Å². The zero-order chi connectivity index (χ0) is 17.6. The molecule has 132 valence electrons. The number of anilines is 1. The second-order valence-corrected chi connectivity index (χ2v) is 6.33. The lowest BCUT2D eigenvalue weighted by Crippen LogP contribution is -2.46. The van der Waals surface area contributed by atoms with Crippen LogP contribution in [0.1, 0.15) is 18.1 Å². The van der Waals surface area contributed by atoms with Gasteiger partial charge in [-0.2, -0.15) is 0 Å². The van der Waals surface area contributed by atoms with Crippen LogP contribution in [0.4, 0.5) is 10.5 Å². The van der Waals surface area contributed by atoms with E-state index in [1.54, 1.807) is 4.90 Å². The van der Waals surface area contributed by atoms with Crippen LogP contribution in [0.3, 0.4) is 0 Å². The summed E-state index contributed by atoms with van der Waals surface area (Å²) in [5.41, 5.74) is 2.86. The number of morpholine rings is 1. The summed E-state index contributed by atoms with van der Waals surface area (Å²) in [6.07, 6.45) is 0.0614. The monoisotopic (exact) mass is 340 g/mol. The number of hydrogen-bond acceptors (Lipinski definition) is 3. The fourth-order valence-corrected chi connectivity index (χ4v) is 2.78. The molecule has 2 aromatic rings. The number of ether oxygens (including phenoxy) is 2. The molecule has 2 amide bonds. The first-order chi connectivity index (χ1) is 12.1. The highest BCUT2D eigenvalue weighted by Crippen LogP contribution is 2.27. The summed E-state index contributed by atoms with van der Waals surface area (Å²) in [6, 6.07) is 15.7. The number of carbonyl (C=O) groups is 1. The maximum Gasteiger partial charge on any atom is 0.322 e. The molecule has 5 nitrogen and oxygen atoms in total. The fourth-order valence-electron chi connectivity index (χ4n) is 2.78. The standard InChI is InChI=1S/C20H24N2O3/c1-15-8-9-18(21-20(23)22-10-11-24-16(2)13-22)19(12-15)25-14-17-6-4-3-5-7-17/h3-9,12,16H,10-11,13-14H2,1-2H3,(H,21,23). The van der Waals surface area contributed by atoms with Gasteiger partial charge in [0.05, 0.1) is 18.4 Å². The molecule has 0 spiro atoms.